The standard InChI is InChI=1S/C20H21N5OS/c1-14-18(15(2)25(23-14)12-16-6-4-3-5-7-16)11-21-19(26)10-17-13-24-8-9-27-20(24)22-17/h3-9,13H,10-12H2,1-2H3,(H,21,26). The molecular weight excluding hydrogens is 358 g/mol. The zero-order chi connectivity index (χ0) is 18.8. The number of carbonyl (C=O) groups is 1. The Kier molecular flexibility index (Phi) is 4.77. The van der Waals surface area contributed by atoms with Gasteiger partial charge >= 0.3 is 0 Å². The largest absolute Gasteiger partial charge is 0.352 e. The van der Waals surface area contributed by atoms with E-state index in [0.29, 0.717) is 6.54 Å². The molecule has 0 fully saturated rings. The van der Waals surface area contributed by atoms with Gasteiger partial charge in [-0.25, -0.2) is 4.98 Å². The summed E-state index contributed by atoms with van der Waals surface area (Å²) >= 11 is 1.56. The zero-order valence-electron chi connectivity index (χ0n) is 15.3. The van der Waals surface area contributed by atoms with Crippen molar-refractivity contribution in [3.8, 4) is 0 Å². The minimum Gasteiger partial charge on any atom is -0.352 e. The second-order valence-corrected chi connectivity index (χ2v) is 7.44. The lowest BCUT2D eigenvalue weighted by Crippen LogP contribution is -2.25. The highest BCUT2D eigenvalue weighted by atomic mass is 32.1. The number of hydrogen-bond acceptors (Lipinski definition) is 4. The Balaban J connectivity index is 1.40. The number of fused-ring (bicyclic) bond motifs is 1. The molecule has 3 aromatic heterocycles. The average molecular weight is 379 g/mol. The van der Waals surface area contributed by atoms with Gasteiger partial charge in [0.2, 0.25) is 5.91 Å². The number of nitrogens with one attached hydrogen (secondary N) is 1. The molecule has 0 bridgehead atoms. The van der Waals surface area contributed by atoms with E-state index in [1.807, 2.05) is 58.9 Å². The second-order valence-electron chi connectivity index (χ2n) is 6.57. The zero-order valence-corrected chi connectivity index (χ0v) is 16.2. The molecule has 138 valence electrons. The van der Waals surface area contributed by atoms with E-state index in [-0.39, 0.29) is 12.3 Å². The number of carbonyl (C=O) groups excluding carboxylic acids is 1. The number of rotatable bonds is 6. The molecule has 7 heteroatoms. The van der Waals surface area contributed by atoms with Gasteiger partial charge in [0.15, 0.2) is 4.96 Å². The Hall–Kier alpha value is -2.93. The van der Waals surface area contributed by atoms with E-state index in [1.165, 1.54) is 5.56 Å². The maximum Gasteiger partial charge on any atom is 0.226 e. The van der Waals surface area contributed by atoms with Gasteiger partial charge in [0, 0.05) is 35.6 Å². The molecule has 0 aliphatic heterocycles. The maximum atomic E-state index is 12.3. The van der Waals surface area contributed by atoms with Crippen molar-refractivity contribution in [1.29, 1.82) is 0 Å². The predicted octanol–water partition coefficient (Wildman–Crippen LogP) is 3.12. The fourth-order valence-corrected chi connectivity index (χ4v) is 3.89. The van der Waals surface area contributed by atoms with Crippen LogP contribution in [0.4, 0.5) is 0 Å². The molecule has 0 unspecified atom stereocenters. The molecule has 3 heterocycles. The summed E-state index contributed by atoms with van der Waals surface area (Å²) in [5.74, 6) is -0.0321. The molecule has 0 spiro atoms. The molecule has 1 amide bonds. The summed E-state index contributed by atoms with van der Waals surface area (Å²) in [6.07, 6.45) is 4.13. The van der Waals surface area contributed by atoms with E-state index < -0.39 is 0 Å². The van der Waals surface area contributed by atoms with Crippen LogP contribution in [-0.2, 0) is 24.3 Å². The van der Waals surface area contributed by atoms with Gasteiger partial charge in [-0.15, -0.1) is 11.3 Å². The molecule has 0 saturated carbocycles. The smallest absolute Gasteiger partial charge is 0.226 e. The number of aromatic nitrogens is 4. The Morgan fingerprint density at radius 2 is 2.04 bits per heavy atom. The minimum absolute atomic E-state index is 0.0321. The van der Waals surface area contributed by atoms with Gasteiger partial charge in [-0.2, -0.15) is 5.10 Å². The third-order valence-electron chi connectivity index (χ3n) is 4.65. The number of benzene rings is 1. The summed E-state index contributed by atoms with van der Waals surface area (Å²) in [5, 5.41) is 9.62. The van der Waals surface area contributed by atoms with Crippen molar-refractivity contribution in [2.24, 2.45) is 0 Å². The lowest BCUT2D eigenvalue weighted by Gasteiger charge is -2.07. The highest BCUT2D eigenvalue weighted by Crippen LogP contribution is 2.15. The Morgan fingerprint density at radius 3 is 2.81 bits per heavy atom. The van der Waals surface area contributed by atoms with Crippen LogP contribution in [-0.4, -0.2) is 25.1 Å². The topological polar surface area (TPSA) is 64.2 Å². The van der Waals surface area contributed by atoms with Crippen LogP contribution in [0.25, 0.3) is 4.96 Å². The normalized spacial score (nSPS) is 11.2. The Morgan fingerprint density at radius 1 is 1.22 bits per heavy atom. The highest BCUT2D eigenvalue weighted by Gasteiger charge is 2.14. The lowest BCUT2D eigenvalue weighted by atomic mass is 10.2. The first kappa shape index (κ1) is 17.5. The van der Waals surface area contributed by atoms with E-state index >= 15 is 0 Å². The fourth-order valence-electron chi connectivity index (χ4n) is 3.18. The summed E-state index contributed by atoms with van der Waals surface area (Å²) in [7, 11) is 0. The van der Waals surface area contributed by atoms with Crippen LogP contribution in [0.3, 0.4) is 0 Å². The Labute approximate surface area is 161 Å². The third kappa shape index (κ3) is 3.78. The summed E-state index contributed by atoms with van der Waals surface area (Å²) in [6, 6.07) is 10.3. The van der Waals surface area contributed by atoms with E-state index in [0.717, 1.165) is 34.2 Å². The molecule has 0 aliphatic carbocycles. The summed E-state index contributed by atoms with van der Waals surface area (Å²) in [6.45, 7) is 5.24. The number of nitrogens with zero attached hydrogens (tertiary/aromatic N) is 4. The summed E-state index contributed by atoms with van der Waals surface area (Å²) in [5.41, 5.74) is 5.10. The highest BCUT2D eigenvalue weighted by molar-refractivity contribution is 7.15. The van der Waals surface area contributed by atoms with Crippen LogP contribution < -0.4 is 5.32 Å². The van der Waals surface area contributed by atoms with E-state index in [9.17, 15) is 4.79 Å². The molecular formula is C20H21N5OS. The second kappa shape index (κ2) is 7.36. The number of aryl methyl sites for hydroxylation is 1. The quantitative estimate of drug-likeness (QED) is 0.560. The molecule has 0 radical (unpaired) electrons. The molecule has 1 N–H and O–H groups in total. The molecule has 0 saturated heterocycles. The van der Waals surface area contributed by atoms with Gasteiger partial charge in [-0.05, 0) is 19.4 Å². The SMILES string of the molecule is Cc1nn(Cc2ccccc2)c(C)c1CNC(=O)Cc1cn2ccsc2n1. The van der Waals surface area contributed by atoms with Crippen molar-refractivity contribution >= 4 is 22.2 Å². The predicted molar refractivity (Wildman–Crippen MR) is 106 cm³/mol. The third-order valence-corrected chi connectivity index (χ3v) is 5.42. The molecule has 1 aromatic carbocycles. The van der Waals surface area contributed by atoms with Gasteiger partial charge in [-0.1, -0.05) is 30.3 Å². The van der Waals surface area contributed by atoms with Gasteiger partial charge in [-0.3, -0.25) is 13.9 Å². The number of thiazole rings is 1. The average Bonchev–Trinajstić information content (AvgIpc) is 3.29. The maximum absolute atomic E-state index is 12.3. The Bertz CT molecular complexity index is 1050. The number of imidazole rings is 1. The van der Waals surface area contributed by atoms with E-state index in [1.54, 1.807) is 11.3 Å². The first-order chi connectivity index (χ1) is 13.1. The lowest BCUT2D eigenvalue weighted by molar-refractivity contribution is -0.120. The molecule has 4 rings (SSSR count). The molecule has 4 aromatic rings. The minimum atomic E-state index is -0.0321. The van der Waals surface area contributed by atoms with Crippen LogP contribution in [0.15, 0.2) is 48.1 Å². The molecule has 0 atom stereocenters. The van der Waals surface area contributed by atoms with Crippen LogP contribution in [0.1, 0.15) is 28.2 Å². The van der Waals surface area contributed by atoms with Crippen molar-refractivity contribution in [2.45, 2.75) is 33.4 Å². The summed E-state index contributed by atoms with van der Waals surface area (Å²) in [4.78, 5) is 17.7. The van der Waals surface area contributed by atoms with Crippen LogP contribution in [0.2, 0.25) is 0 Å². The van der Waals surface area contributed by atoms with E-state index in [2.05, 4.69) is 27.5 Å². The number of hydrogen-bond donors (Lipinski definition) is 1. The van der Waals surface area contributed by atoms with Gasteiger partial charge in [0.05, 0.1) is 24.4 Å². The first-order valence-electron chi connectivity index (χ1n) is 8.85. The van der Waals surface area contributed by atoms with E-state index in [4.69, 9.17) is 0 Å². The molecule has 6 nitrogen and oxygen atoms in total. The number of amides is 1. The van der Waals surface area contributed by atoms with Crippen molar-refractivity contribution in [1.82, 2.24) is 24.5 Å². The molecule has 27 heavy (non-hydrogen) atoms. The summed E-state index contributed by atoms with van der Waals surface area (Å²) < 4.78 is 3.94. The van der Waals surface area contributed by atoms with Crippen molar-refractivity contribution in [2.75, 3.05) is 0 Å². The van der Waals surface area contributed by atoms with Crippen molar-refractivity contribution in [3.05, 3.63) is 76.3 Å². The van der Waals surface area contributed by atoms with Crippen molar-refractivity contribution in [3.63, 3.8) is 0 Å². The van der Waals surface area contributed by atoms with Crippen LogP contribution in [0.5, 0.6) is 0 Å². The molecule has 0 aliphatic rings. The van der Waals surface area contributed by atoms with Gasteiger partial charge in [0.1, 0.15) is 0 Å². The van der Waals surface area contributed by atoms with Crippen LogP contribution >= 0.6 is 11.3 Å². The first-order valence-corrected chi connectivity index (χ1v) is 9.72. The van der Waals surface area contributed by atoms with Gasteiger partial charge in [0.25, 0.3) is 0 Å². The van der Waals surface area contributed by atoms with Gasteiger partial charge < -0.3 is 5.32 Å². The fraction of sp³-hybridized carbons (Fsp3) is 0.250. The monoisotopic (exact) mass is 379 g/mol. The van der Waals surface area contributed by atoms with Crippen LogP contribution in [0, 0.1) is 13.8 Å². The van der Waals surface area contributed by atoms with Crippen molar-refractivity contribution < 1.29 is 4.79 Å².